The molecule has 1 aromatic carbocycles. The number of nitrogens with two attached hydrogens (primary N) is 1. The van der Waals surface area contributed by atoms with Crippen molar-refractivity contribution >= 4 is 0 Å². The first-order valence-corrected chi connectivity index (χ1v) is 6.80. The zero-order valence-corrected chi connectivity index (χ0v) is 10.9. The molecule has 98 valence electrons. The third-order valence-electron chi connectivity index (χ3n) is 4.31. The fraction of sp³-hybridized carbons (Fsp3) is 0.600. The lowest BCUT2D eigenvalue weighted by atomic mass is 9.76. The van der Waals surface area contributed by atoms with Crippen LogP contribution in [-0.2, 0) is 9.47 Å². The van der Waals surface area contributed by atoms with Crippen LogP contribution >= 0.6 is 0 Å². The van der Waals surface area contributed by atoms with Crippen molar-refractivity contribution in [2.24, 2.45) is 5.73 Å². The SMILES string of the molecule is CO[C@@H]1O[C@H](C2(N)CCCCC2)c2ccccc21. The average molecular weight is 247 g/mol. The highest BCUT2D eigenvalue weighted by Crippen LogP contribution is 2.48. The molecular weight excluding hydrogens is 226 g/mol. The van der Waals surface area contributed by atoms with Crippen molar-refractivity contribution in [2.75, 3.05) is 7.11 Å². The summed E-state index contributed by atoms with van der Waals surface area (Å²) in [4.78, 5) is 0. The Labute approximate surface area is 108 Å². The van der Waals surface area contributed by atoms with E-state index in [2.05, 4.69) is 18.2 Å². The van der Waals surface area contributed by atoms with E-state index in [1.165, 1.54) is 24.8 Å². The topological polar surface area (TPSA) is 44.5 Å². The van der Waals surface area contributed by atoms with Gasteiger partial charge in [0.25, 0.3) is 0 Å². The number of hydrogen-bond donors (Lipinski definition) is 1. The monoisotopic (exact) mass is 247 g/mol. The van der Waals surface area contributed by atoms with Crippen molar-refractivity contribution in [3.05, 3.63) is 35.4 Å². The minimum Gasteiger partial charge on any atom is -0.352 e. The molecule has 0 aromatic heterocycles. The Bertz CT molecular complexity index is 426. The number of rotatable bonds is 2. The van der Waals surface area contributed by atoms with Gasteiger partial charge in [-0.25, -0.2) is 0 Å². The maximum atomic E-state index is 6.62. The van der Waals surface area contributed by atoms with Crippen molar-refractivity contribution in [3.8, 4) is 0 Å². The second kappa shape index (κ2) is 4.65. The molecule has 3 heteroatoms. The van der Waals surface area contributed by atoms with E-state index in [0.29, 0.717) is 0 Å². The largest absolute Gasteiger partial charge is 0.352 e. The molecule has 1 heterocycles. The smallest absolute Gasteiger partial charge is 0.184 e. The molecule has 1 aromatic rings. The Balaban J connectivity index is 1.94. The number of ether oxygens (including phenoxy) is 2. The van der Waals surface area contributed by atoms with Crippen molar-refractivity contribution in [3.63, 3.8) is 0 Å². The van der Waals surface area contributed by atoms with Gasteiger partial charge in [-0.1, -0.05) is 43.5 Å². The fourth-order valence-electron chi connectivity index (χ4n) is 3.33. The summed E-state index contributed by atoms with van der Waals surface area (Å²) >= 11 is 0. The summed E-state index contributed by atoms with van der Waals surface area (Å²) in [6.07, 6.45) is 5.52. The summed E-state index contributed by atoms with van der Waals surface area (Å²) in [5, 5.41) is 0. The van der Waals surface area contributed by atoms with E-state index < -0.39 is 0 Å². The summed E-state index contributed by atoms with van der Waals surface area (Å²) in [6, 6.07) is 8.29. The van der Waals surface area contributed by atoms with Crippen molar-refractivity contribution < 1.29 is 9.47 Å². The molecule has 3 rings (SSSR count). The molecule has 0 saturated heterocycles. The minimum atomic E-state index is -0.256. The number of fused-ring (bicyclic) bond motifs is 1. The first-order chi connectivity index (χ1) is 8.74. The molecule has 2 N–H and O–H groups in total. The average Bonchev–Trinajstić information content (AvgIpc) is 2.79. The van der Waals surface area contributed by atoms with E-state index >= 15 is 0 Å². The van der Waals surface area contributed by atoms with Crippen LogP contribution in [0.25, 0.3) is 0 Å². The molecule has 1 saturated carbocycles. The van der Waals surface area contributed by atoms with Gasteiger partial charge in [-0.15, -0.1) is 0 Å². The number of methoxy groups -OCH3 is 1. The maximum Gasteiger partial charge on any atom is 0.184 e. The molecule has 0 bridgehead atoms. The van der Waals surface area contributed by atoms with Crippen LogP contribution < -0.4 is 5.73 Å². The predicted molar refractivity (Wildman–Crippen MR) is 70.0 cm³/mol. The van der Waals surface area contributed by atoms with Crippen molar-refractivity contribution in [1.29, 1.82) is 0 Å². The summed E-state index contributed by atoms with van der Waals surface area (Å²) in [6.45, 7) is 0. The van der Waals surface area contributed by atoms with E-state index in [1.807, 2.05) is 6.07 Å². The lowest BCUT2D eigenvalue weighted by Crippen LogP contribution is -2.47. The van der Waals surface area contributed by atoms with Crippen molar-refractivity contribution in [2.45, 2.75) is 50.0 Å². The summed E-state index contributed by atoms with van der Waals surface area (Å²) in [5.74, 6) is 0. The van der Waals surface area contributed by atoms with E-state index in [1.54, 1.807) is 7.11 Å². The lowest BCUT2D eigenvalue weighted by Gasteiger charge is -2.38. The van der Waals surface area contributed by atoms with Gasteiger partial charge in [-0.05, 0) is 18.4 Å². The van der Waals surface area contributed by atoms with E-state index in [-0.39, 0.29) is 17.9 Å². The molecule has 0 amide bonds. The highest BCUT2D eigenvalue weighted by Gasteiger charge is 2.44. The van der Waals surface area contributed by atoms with Crippen LogP contribution in [0.5, 0.6) is 0 Å². The Morgan fingerprint density at radius 1 is 1.17 bits per heavy atom. The Kier molecular flexibility index (Phi) is 3.14. The summed E-state index contributed by atoms with van der Waals surface area (Å²) < 4.78 is 11.5. The van der Waals surface area contributed by atoms with Crippen LogP contribution in [0.3, 0.4) is 0 Å². The van der Waals surface area contributed by atoms with Gasteiger partial charge < -0.3 is 15.2 Å². The summed E-state index contributed by atoms with van der Waals surface area (Å²) in [7, 11) is 1.69. The predicted octanol–water partition coefficient (Wildman–Crippen LogP) is 3.06. The van der Waals surface area contributed by atoms with Crippen LogP contribution in [-0.4, -0.2) is 12.6 Å². The fourth-order valence-corrected chi connectivity index (χ4v) is 3.33. The van der Waals surface area contributed by atoms with Gasteiger partial charge in [-0.2, -0.15) is 0 Å². The second-order valence-electron chi connectivity index (χ2n) is 5.51. The van der Waals surface area contributed by atoms with Gasteiger partial charge in [0.15, 0.2) is 6.29 Å². The van der Waals surface area contributed by atoms with Gasteiger partial charge >= 0.3 is 0 Å². The zero-order valence-electron chi connectivity index (χ0n) is 10.9. The first-order valence-electron chi connectivity index (χ1n) is 6.80. The third-order valence-corrected chi connectivity index (χ3v) is 4.31. The molecule has 1 fully saturated rings. The first kappa shape index (κ1) is 12.2. The molecule has 1 aliphatic carbocycles. The second-order valence-corrected chi connectivity index (χ2v) is 5.51. The molecule has 2 aliphatic rings. The van der Waals surface area contributed by atoms with Gasteiger partial charge in [0.1, 0.15) is 6.10 Å². The van der Waals surface area contributed by atoms with E-state index in [0.717, 1.165) is 18.4 Å². The van der Waals surface area contributed by atoms with Crippen LogP contribution in [0.15, 0.2) is 24.3 Å². The molecule has 0 radical (unpaired) electrons. The standard InChI is InChI=1S/C15H21NO2/c1-17-14-12-8-4-3-7-11(12)13(18-14)15(16)9-5-2-6-10-15/h3-4,7-8,13-14H,2,5-6,9-10,16H2,1H3/t13-,14+/m0/s1. The quantitative estimate of drug-likeness (QED) is 0.873. The molecule has 0 unspecified atom stereocenters. The normalized spacial score (nSPS) is 30.1. The van der Waals surface area contributed by atoms with Crippen LogP contribution in [0.1, 0.15) is 55.6 Å². The molecule has 18 heavy (non-hydrogen) atoms. The van der Waals surface area contributed by atoms with Crippen LogP contribution in [0.4, 0.5) is 0 Å². The zero-order chi connectivity index (χ0) is 12.6. The van der Waals surface area contributed by atoms with E-state index in [4.69, 9.17) is 15.2 Å². The Morgan fingerprint density at radius 3 is 2.50 bits per heavy atom. The maximum absolute atomic E-state index is 6.62. The molecular formula is C15H21NO2. The van der Waals surface area contributed by atoms with Crippen molar-refractivity contribution in [1.82, 2.24) is 0 Å². The molecule has 1 aliphatic heterocycles. The van der Waals surface area contributed by atoms with Gasteiger partial charge in [0, 0.05) is 18.2 Å². The summed E-state index contributed by atoms with van der Waals surface area (Å²) in [5.41, 5.74) is 8.75. The Morgan fingerprint density at radius 2 is 1.83 bits per heavy atom. The van der Waals surface area contributed by atoms with Crippen LogP contribution in [0, 0.1) is 0 Å². The highest BCUT2D eigenvalue weighted by molar-refractivity contribution is 5.36. The Hall–Kier alpha value is -0.900. The third kappa shape index (κ3) is 1.87. The van der Waals surface area contributed by atoms with E-state index in [9.17, 15) is 0 Å². The lowest BCUT2D eigenvalue weighted by molar-refractivity contribution is -0.162. The van der Waals surface area contributed by atoms with Gasteiger partial charge in [0.2, 0.25) is 0 Å². The molecule has 3 nitrogen and oxygen atoms in total. The molecule has 2 atom stereocenters. The molecule has 0 spiro atoms. The highest BCUT2D eigenvalue weighted by atomic mass is 16.7. The number of benzene rings is 1. The number of hydrogen-bond acceptors (Lipinski definition) is 3. The van der Waals surface area contributed by atoms with Gasteiger partial charge in [-0.3, -0.25) is 0 Å². The van der Waals surface area contributed by atoms with Gasteiger partial charge in [0.05, 0.1) is 0 Å². The minimum absolute atomic E-state index is 0.0149. The van der Waals surface area contributed by atoms with Crippen LogP contribution in [0.2, 0.25) is 0 Å².